The third-order valence-electron chi connectivity index (χ3n) is 8.95. The predicted molar refractivity (Wildman–Crippen MR) is 153 cm³/mol. The van der Waals surface area contributed by atoms with E-state index in [2.05, 4.69) is 14.9 Å². The number of morpholine rings is 1. The Kier molecular flexibility index (Phi) is 6.81. The number of rotatable bonds is 6. The van der Waals surface area contributed by atoms with Gasteiger partial charge in [0.1, 0.15) is 41.4 Å². The molecule has 3 aliphatic heterocycles. The van der Waals surface area contributed by atoms with Crippen molar-refractivity contribution >= 4 is 27.5 Å². The van der Waals surface area contributed by atoms with Crippen LogP contribution in [0.25, 0.3) is 32.9 Å². The maximum atomic E-state index is 16.6. The van der Waals surface area contributed by atoms with Gasteiger partial charge in [-0.3, -0.25) is 9.88 Å². The summed E-state index contributed by atoms with van der Waals surface area (Å²) >= 11 is 0. The summed E-state index contributed by atoms with van der Waals surface area (Å²) in [6.45, 7) is 5.33. The summed E-state index contributed by atoms with van der Waals surface area (Å²) in [4.78, 5) is 17.8. The fourth-order valence-corrected chi connectivity index (χ4v) is 6.97. The van der Waals surface area contributed by atoms with Crippen LogP contribution in [0.3, 0.4) is 0 Å². The van der Waals surface area contributed by atoms with Crippen molar-refractivity contribution < 1.29 is 27.8 Å². The molecule has 4 aromatic rings. The van der Waals surface area contributed by atoms with Crippen molar-refractivity contribution in [1.82, 2.24) is 19.9 Å². The molecule has 42 heavy (non-hydrogen) atoms. The first kappa shape index (κ1) is 27.2. The fourth-order valence-electron chi connectivity index (χ4n) is 6.97. The highest BCUT2D eigenvalue weighted by atomic mass is 19.1. The van der Waals surface area contributed by atoms with Gasteiger partial charge in [0.15, 0.2) is 5.82 Å². The average Bonchev–Trinajstić information content (AvgIpc) is 3.52. The van der Waals surface area contributed by atoms with E-state index in [0.717, 1.165) is 19.4 Å². The number of phenols is 1. The predicted octanol–water partition coefficient (Wildman–Crippen LogP) is 5.18. The number of aromatic nitrogens is 3. The lowest BCUT2D eigenvalue weighted by molar-refractivity contribution is 0.107. The largest absolute Gasteiger partial charge is 0.508 e. The van der Waals surface area contributed by atoms with Crippen LogP contribution in [0.2, 0.25) is 0 Å². The molecule has 220 valence electrons. The zero-order valence-electron chi connectivity index (χ0n) is 23.4. The molecule has 3 aliphatic rings. The van der Waals surface area contributed by atoms with Gasteiger partial charge in [-0.2, -0.15) is 9.97 Å². The van der Waals surface area contributed by atoms with Crippen molar-refractivity contribution in [3.63, 3.8) is 0 Å². The summed E-state index contributed by atoms with van der Waals surface area (Å²) in [6.07, 6.45) is 3.16. The molecule has 0 spiro atoms. The minimum Gasteiger partial charge on any atom is -0.508 e. The third-order valence-corrected chi connectivity index (χ3v) is 8.95. The molecule has 11 heteroatoms. The lowest BCUT2D eigenvalue weighted by Crippen LogP contribution is -2.43. The first-order valence-corrected chi connectivity index (χ1v) is 14.5. The van der Waals surface area contributed by atoms with Crippen LogP contribution in [0.5, 0.6) is 11.8 Å². The Morgan fingerprint density at radius 1 is 1.14 bits per heavy atom. The van der Waals surface area contributed by atoms with Gasteiger partial charge in [0.2, 0.25) is 0 Å². The van der Waals surface area contributed by atoms with Crippen LogP contribution >= 0.6 is 0 Å². The molecule has 2 aromatic heterocycles. The van der Waals surface area contributed by atoms with Gasteiger partial charge in [-0.15, -0.1) is 0 Å². The Morgan fingerprint density at radius 3 is 2.79 bits per heavy atom. The van der Waals surface area contributed by atoms with E-state index in [1.165, 1.54) is 24.4 Å². The van der Waals surface area contributed by atoms with Gasteiger partial charge in [-0.1, -0.05) is 13.0 Å². The highest BCUT2D eigenvalue weighted by Crippen LogP contribution is 2.41. The molecular weight excluding hydrogens is 547 g/mol. The van der Waals surface area contributed by atoms with Gasteiger partial charge in [0.25, 0.3) is 0 Å². The van der Waals surface area contributed by atoms with E-state index in [-0.39, 0.29) is 35.1 Å². The summed E-state index contributed by atoms with van der Waals surface area (Å²) < 4.78 is 57.5. The molecule has 0 saturated carbocycles. The molecule has 0 radical (unpaired) electrons. The quantitative estimate of drug-likeness (QED) is 0.335. The Labute approximate surface area is 241 Å². The van der Waals surface area contributed by atoms with Gasteiger partial charge in [-0.25, -0.2) is 13.2 Å². The van der Waals surface area contributed by atoms with Crippen molar-refractivity contribution in [2.24, 2.45) is 0 Å². The number of benzene rings is 2. The minimum atomic E-state index is -0.906. The molecular formula is C31H32F3N5O3. The van der Waals surface area contributed by atoms with E-state index in [4.69, 9.17) is 14.5 Å². The number of aryl methyl sites for hydroxylation is 1. The van der Waals surface area contributed by atoms with E-state index in [0.29, 0.717) is 73.2 Å². The summed E-state index contributed by atoms with van der Waals surface area (Å²) in [6, 6.07) is 5.84. The Morgan fingerprint density at radius 2 is 1.98 bits per heavy atom. The SMILES string of the molecule is CCc1c(F)ccc2cc(O)cc(-c3ncc4c(N5CCOCC5)nc(OC[C@@]56CCCN5C[C@H](F)C6)nc4c3F)c12. The molecule has 5 heterocycles. The van der Waals surface area contributed by atoms with Crippen LogP contribution < -0.4 is 9.64 Å². The number of halogens is 3. The minimum absolute atomic E-state index is 0.00429. The zero-order chi connectivity index (χ0) is 29.0. The number of nitrogens with zero attached hydrogens (tertiary/aromatic N) is 5. The molecule has 8 nitrogen and oxygen atoms in total. The van der Waals surface area contributed by atoms with Crippen LogP contribution in [-0.2, 0) is 11.2 Å². The van der Waals surface area contributed by atoms with E-state index < -0.39 is 23.3 Å². The second kappa shape index (κ2) is 10.5. The van der Waals surface area contributed by atoms with Crippen LogP contribution in [0.4, 0.5) is 19.0 Å². The maximum absolute atomic E-state index is 16.6. The zero-order valence-corrected chi connectivity index (χ0v) is 23.4. The highest BCUT2D eigenvalue weighted by molar-refractivity contribution is 6.01. The van der Waals surface area contributed by atoms with Crippen molar-refractivity contribution in [2.45, 2.75) is 44.3 Å². The number of anilines is 1. The molecule has 2 aromatic carbocycles. The number of pyridine rings is 1. The van der Waals surface area contributed by atoms with Gasteiger partial charge in [0.05, 0.1) is 24.1 Å². The smallest absolute Gasteiger partial charge is 0.319 e. The first-order chi connectivity index (χ1) is 20.4. The van der Waals surface area contributed by atoms with Crippen LogP contribution in [0.15, 0.2) is 30.5 Å². The van der Waals surface area contributed by atoms with Gasteiger partial charge in [0, 0.05) is 37.8 Å². The Bertz CT molecular complexity index is 1680. The molecule has 1 N–H and O–H groups in total. The lowest BCUT2D eigenvalue weighted by atomic mass is 9.94. The number of phenolic OH excluding ortho intramolecular Hbond substituents is 1. The topological polar surface area (TPSA) is 83.8 Å². The van der Waals surface area contributed by atoms with Crippen molar-refractivity contribution in [3.8, 4) is 23.0 Å². The van der Waals surface area contributed by atoms with Gasteiger partial charge < -0.3 is 19.5 Å². The van der Waals surface area contributed by atoms with Crippen molar-refractivity contribution in [2.75, 3.05) is 50.9 Å². The van der Waals surface area contributed by atoms with E-state index >= 15 is 4.39 Å². The molecule has 3 fully saturated rings. The Hall–Kier alpha value is -3.70. The lowest BCUT2D eigenvalue weighted by Gasteiger charge is -2.31. The Balaban J connectivity index is 1.37. The molecule has 0 amide bonds. The number of ether oxygens (including phenoxy) is 2. The number of hydrogen-bond acceptors (Lipinski definition) is 8. The average molecular weight is 580 g/mol. The summed E-state index contributed by atoms with van der Waals surface area (Å²) in [5.41, 5.74) is 0.216. The molecule has 7 rings (SSSR count). The second-order valence-electron chi connectivity index (χ2n) is 11.4. The summed E-state index contributed by atoms with van der Waals surface area (Å²) in [5.74, 6) is -0.740. The van der Waals surface area contributed by atoms with E-state index in [1.807, 2.05) is 11.8 Å². The molecule has 2 atom stereocenters. The first-order valence-electron chi connectivity index (χ1n) is 14.5. The highest BCUT2D eigenvalue weighted by Gasteiger charge is 2.49. The summed E-state index contributed by atoms with van der Waals surface area (Å²) in [7, 11) is 0. The number of aromatic hydroxyl groups is 1. The third kappa shape index (κ3) is 4.50. The molecule has 0 aliphatic carbocycles. The normalized spacial score (nSPS) is 22.8. The van der Waals surface area contributed by atoms with Gasteiger partial charge in [-0.05, 0) is 60.3 Å². The monoisotopic (exact) mass is 579 g/mol. The second-order valence-corrected chi connectivity index (χ2v) is 11.4. The molecule has 0 unspecified atom stereocenters. The molecule has 0 bridgehead atoms. The maximum Gasteiger partial charge on any atom is 0.319 e. The van der Waals surface area contributed by atoms with Crippen molar-refractivity contribution in [1.29, 1.82) is 0 Å². The molecule has 3 saturated heterocycles. The van der Waals surface area contributed by atoms with E-state index in [9.17, 15) is 13.9 Å². The standard InChI is InChI=1S/C31H32F3N5O3/c1-2-21-24(33)5-4-18-12-20(40)13-22(25(18)21)27-26(34)28-23(15-35-27)29(38-8-10-41-11-9-38)37-30(36-28)42-17-31-6-3-7-39(31)16-19(32)14-31/h4-5,12-13,15,19,40H,2-3,6-11,14,16-17H2,1H3/t19-,31+/m1/s1. The number of fused-ring (bicyclic) bond motifs is 3. The van der Waals surface area contributed by atoms with E-state index in [1.54, 1.807) is 6.07 Å². The number of hydrogen-bond donors (Lipinski definition) is 1. The van der Waals surface area contributed by atoms with Crippen LogP contribution in [0, 0.1) is 11.6 Å². The van der Waals surface area contributed by atoms with Crippen LogP contribution in [0.1, 0.15) is 31.7 Å². The van der Waals surface area contributed by atoms with Crippen molar-refractivity contribution in [3.05, 3.63) is 47.7 Å². The fraction of sp³-hybridized carbons (Fsp3) is 0.452. The van der Waals surface area contributed by atoms with Crippen LogP contribution in [-0.4, -0.2) is 82.7 Å². The summed E-state index contributed by atoms with van der Waals surface area (Å²) in [5, 5.41) is 12.0. The number of alkyl halides is 1. The van der Waals surface area contributed by atoms with Gasteiger partial charge >= 0.3 is 6.01 Å².